The number of anilines is 2. The van der Waals surface area contributed by atoms with Gasteiger partial charge in [-0.1, -0.05) is 43.6 Å². The lowest BCUT2D eigenvalue weighted by Gasteiger charge is -2.18. The fourth-order valence-electron chi connectivity index (χ4n) is 3.93. The summed E-state index contributed by atoms with van der Waals surface area (Å²) in [6.07, 6.45) is 0. The molecule has 0 unspecified atom stereocenters. The smallest absolute Gasteiger partial charge is 0.293 e. The van der Waals surface area contributed by atoms with Crippen molar-refractivity contribution >= 4 is 55.7 Å². The molecule has 10 heteroatoms. The van der Waals surface area contributed by atoms with E-state index in [1.54, 1.807) is 62.4 Å². The fourth-order valence-corrected chi connectivity index (χ4v) is 5.58. The molecular formula is C27H26ClN3O5S. The third-order valence-corrected chi connectivity index (χ3v) is 8.13. The van der Waals surface area contributed by atoms with E-state index in [0.717, 1.165) is 0 Å². The topological polar surface area (TPSA) is 109 Å². The maximum atomic E-state index is 13.0. The van der Waals surface area contributed by atoms with Crippen molar-refractivity contribution in [2.24, 2.45) is 0 Å². The first-order valence-corrected chi connectivity index (χ1v) is 13.5. The highest BCUT2D eigenvalue weighted by Gasteiger charge is 2.23. The van der Waals surface area contributed by atoms with Gasteiger partial charge >= 0.3 is 0 Å². The number of hydrogen-bond donors (Lipinski definition) is 2. The van der Waals surface area contributed by atoms with Gasteiger partial charge in [-0.2, -0.15) is 4.31 Å². The number of fused-ring (bicyclic) bond motifs is 1. The van der Waals surface area contributed by atoms with E-state index < -0.39 is 15.9 Å². The minimum absolute atomic E-state index is 0.0228. The molecule has 37 heavy (non-hydrogen) atoms. The van der Waals surface area contributed by atoms with Gasteiger partial charge in [-0.05, 0) is 54.6 Å². The molecule has 0 radical (unpaired) electrons. The first-order valence-electron chi connectivity index (χ1n) is 11.7. The molecule has 0 aliphatic heterocycles. The number of para-hydroxylation sites is 1. The fraction of sp³-hybridized carbons (Fsp3) is 0.185. The summed E-state index contributed by atoms with van der Waals surface area (Å²) >= 11 is 6.02. The zero-order valence-electron chi connectivity index (χ0n) is 20.3. The van der Waals surface area contributed by atoms with Crippen molar-refractivity contribution in [3.63, 3.8) is 0 Å². The first kappa shape index (κ1) is 26.4. The molecule has 8 nitrogen and oxygen atoms in total. The summed E-state index contributed by atoms with van der Waals surface area (Å²) in [7, 11) is -3.62. The highest BCUT2D eigenvalue weighted by atomic mass is 35.5. The highest BCUT2D eigenvalue weighted by Crippen LogP contribution is 2.31. The minimum atomic E-state index is -3.62. The van der Waals surface area contributed by atoms with E-state index in [1.165, 1.54) is 28.6 Å². The molecule has 0 saturated carbocycles. The standard InChI is InChI=1S/C27H26ClN3O5S/c1-3-31(4-2)37(34,35)21-14-12-18(13-15-21)23(32)17-29-25-22-10-5-6-11-24(22)36-26(25)27(33)30-20-9-7-8-19(28)16-20/h5-16,29H,3-4,17H2,1-2H3,(H,30,33). The Kier molecular flexibility index (Phi) is 7.97. The van der Waals surface area contributed by atoms with Gasteiger partial charge in [0.15, 0.2) is 5.78 Å². The summed E-state index contributed by atoms with van der Waals surface area (Å²) in [5.74, 6) is -0.757. The van der Waals surface area contributed by atoms with Gasteiger partial charge in [0.25, 0.3) is 5.91 Å². The Hall–Kier alpha value is -3.66. The average Bonchev–Trinajstić information content (AvgIpc) is 3.27. The number of sulfonamides is 1. The van der Waals surface area contributed by atoms with E-state index in [1.807, 2.05) is 0 Å². The average molecular weight is 540 g/mol. The number of halogens is 1. The Balaban J connectivity index is 1.54. The predicted molar refractivity (Wildman–Crippen MR) is 145 cm³/mol. The van der Waals surface area contributed by atoms with Gasteiger partial charge in [-0.15, -0.1) is 0 Å². The third kappa shape index (κ3) is 5.69. The molecule has 4 rings (SSSR count). The number of nitrogens with one attached hydrogen (secondary N) is 2. The van der Waals surface area contributed by atoms with Crippen LogP contribution < -0.4 is 10.6 Å². The van der Waals surface area contributed by atoms with Crippen LogP contribution in [0.25, 0.3) is 11.0 Å². The molecule has 0 aliphatic carbocycles. The van der Waals surface area contributed by atoms with Gasteiger partial charge < -0.3 is 15.1 Å². The predicted octanol–water partition coefficient (Wildman–Crippen LogP) is 5.66. The van der Waals surface area contributed by atoms with Crippen LogP contribution in [0.15, 0.2) is 82.1 Å². The monoisotopic (exact) mass is 539 g/mol. The van der Waals surface area contributed by atoms with Crippen LogP contribution in [0.1, 0.15) is 34.8 Å². The molecule has 4 aromatic rings. The maximum absolute atomic E-state index is 13.0. The van der Waals surface area contributed by atoms with Crippen LogP contribution in [0.2, 0.25) is 5.02 Å². The first-order chi connectivity index (χ1) is 17.7. The van der Waals surface area contributed by atoms with Gasteiger partial charge in [0.05, 0.1) is 17.1 Å². The molecule has 0 atom stereocenters. The number of amides is 1. The quantitative estimate of drug-likeness (QED) is 0.252. The van der Waals surface area contributed by atoms with E-state index in [2.05, 4.69) is 10.6 Å². The molecule has 0 saturated heterocycles. The Labute approximate surface area is 220 Å². The zero-order valence-corrected chi connectivity index (χ0v) is 21.9. The molecule has 0 bridgehead atoms. The van der Waals surface area contributed by atoms with Crippen molar-refractivity contribution in [1.82, 2.24) is 4.31 Å². The number of rotatable bonds is 10. The SMILES string of the molecule is CCN(CC)S(=O)(=O)c1ccc(C(=O)CNc2c(C(=O)Nc3cccc(Cl)c3)oc3ccccc23)cc1. The number of carbonyl (C=O) groups excluding carboxylic acids is 2. The largest absolute Gasteiger partial charge is 0.449 e. The molecule has 0 aliphatic rings. The van der Waals surface area contributed by atoms with E-state index >= 15 is 0 Å². The van der Waals surface area contributed by atoms with Gasteiger partial charge in [-0.3, -0.25) is 9.59 Å². The lowest BCUT2D eigenvalue weighted by atomic mass is 10.1. The Morgan fingerprint density at radius 3 is 2.32 bits per heavy atom. The summed E-state index contributed by atoms with van der Waals surface area (Å²) < 4.78 is 32.6. The van der Waals surface area contributed by atoms with Gasteiger partial charge in [0.1, 0.15) is 5.58 Å². The van der Waals surface area contributed by atoms with Crippen molar-refractivity contribution < 1.29 is 22.4 Å². The Morgan fingerprint density at radius 1 is 0.946 bits per heavy atom. The van der Waals surface area contributed by atoms with Gasteiger partial charge in [-0.25, -0.2) is 8.42 Å². The molecular weight excluding hydrogens is 514 g/mol. The van der Waals surface area contributed by atoms with Gasteiger partial charge in [0, 0.05) is 34.7 Å². The van der Waals surface area contributed by atoms with Crippen LogP contribution in [-0.2, 0) is 10.0 Å². The number of hydrogen-bond acceptors (Lipinski definition) is 6. The molecule has 1 heterocycles. The third-order valence-electron chi connectivity index (χ3n) is 5.83. The molecule has 0 spiro atoms. The zero-order chi connectivity index (χ0) is 26.6. The maximum Gasteiger partial charge on any atom is 0.293 e. The van der Waals surface area contributed by atoms with Crippen molar-refractivity contribution in [2.45, 2.75) is 18.7 Å². The summed E-state index contributed by atoms with van der Waals surface area (Å²) in [5.41, 5.74) is 1.70. The minimum Gasteiger partial charge on any atom is -0.449 e. The van der Waals surface area contributed by atoms with Crippen LogP contribution in [0.4, 0.5) is 11.4 Å². The summed E-state index contributed by atoms with van der Waals surface area (Å²) in [4.78, 5) is 26.1. The van der Waals surface area contributed by atoms with Crippen LogP contribution in [0.5, 0.6) is 0 Å². The second-order valence-corrected chi connectivity index (χ2v) is 10.5. The van der Waals surface area contributed by atoms with E-state index in [0.29, 0.717) is 46.0 Å². The molecule has 1 aromatic heterocycles. The molecule has 2 N–H and O–H groups in total. The van der Waals surface area contributed by atoms with Crippen molar-refractivity contribution in [2.75, 3.05) is 30.3 Å². The molecule has 192 valence electrons. The second kappa shape index (κ2) is 11.2. The van der Waals surface area contributed by atoms with E-state index in [4.69, 9.17) is 16.0 Å². The van der Waals surface area contributed by atoms with E-state index in [9.17, 15) is 18.0 Å². The van der Waals surface area contributed by atoms with Crippen molar-refractivity contribution in [3.05, 3.63) is 89.1 Å². The van der Waals surface area contributed by atoms with Gasteiger partial charge in [0.2, 0.25) is 15.8 Å². The molecule has 0 fully saturated rings. The van der Waals surface area contributed by atoms with Crippen molar-refractivity contribution in [3.8, 4) is 0 Å². The number of carbonyl (C=O) groups is 2. The van der Waals surface area contributed by atoms with Crippen LogP contribution in [0.3, 0.4) is 0 Å². The summed E-state index contributed by atoms with van der Waals surface area (Å²) in [5, 5.41) is 6.91. The lowest BCUT2D eigenvalue weighted by molar-refractivity contribution is 0.0991. The summed E-state index contributed by atoms with van der Waals surface area (Å²) in [6.45, 7) is 4.12. The normalized spacial score (nSPS) is 11.6. The number of benzene rings is 3. The lowest BCUT2D eigenvalue weighted by Crippen LogP contribution is -2.30. The number of furan rings is 1. The number of ketones is 1. The van der Waals surface area contributed by atoms with Crippen LogP contribution in [0, 0.1) is 0 Å². The molecule has 1 amide bonds. The van der Waals surface area contributed by atoms with Crippen LogP contribution in [-0.4, -0.2) is 44.0 Å². The Morgan fingerprint density at radius 2 is 1.65 bits per heavy atom. The summed E-state index contributed by atoms with van der Waals surface area (Å²) in [6, 6.07) is 19.7. The van der Waals surface area contributed by atoms with Crippen molar-refractivity contribution in [1.29, 1.82) is 0 Å². The second-order valence-electron chi connectivity index (χ2n) is 8.16. The molecule has 3 aromatic carbocycles. The highest BCUT2D eigenvalue weighted by molar-refractivity contribution is 7.89. The number of Topliss-reactive ketones (excluding diaryl/α,β-unsaturated/α-hetero) is 1. The Bertz CT molecular complexity index is 1540. The van der Waals surface area contributed by atoms with Crippen LogP contribution >= 0.6 is 11.6 Å². The number of nitrogens with zero attached hydrogens (tertiary/aromatic N) is 1. The van der Waals surface area contributed by atoms with E-state index in [-0.39, 0.29) is 23.0 Å².